The minimum absolute atomic E-state index is 0.105. The summed E-state index contributed by atoms with van der Waals surface area (Å²) in [4.78, 5) is 12.6. The number of anilines is 2. The first-order valence-corrected chi connectivity index (χ1v) is 8.04. The van der Waals surface area contributed by atoms with Gasteiger partial charge in [-0.05, 0) is 36.4 Å². The molecule has 0 aromatic heterocycles. The fourth-order valence-corrected chi connectivity index (χ4v) is 2.86. The third kappa shape index (κ3) is 4.62. The number of rotatable bonds is 4. The molecular formula is C14H11BrClFN2OS. The standard InChI is InChI=1S/C14H11BrClFN2OS/c15-8-1-4-13(11(18)5-8)21-7-14(20)19-12-3-2-9(16)6-10(12)17/h1-6H,7,18H2,(H,19,20). The molecule has 2 rings (SSSR count). The molecule has 0 spiro atoms. The topological polar surface area (TPSA) is 55.1 Å². The molecule has 0 radical (unpaired) electrons. The van der Waals surface area contributed by atoms with E-state index in [0.717, 1.165) is 15.4 Å². The maximum Gasteiger partial charge on any atom is 0.234 e. The number of nitrogen functional groups attached to an aromatic ring is 1. The summed E-state index contributed by atoms with van der Waals surface area (Å²) in [6, 6.07) is 9.51. The predicted molar refractivity (Wildman–Crippen MR) is 89.3 cm³/mol. The van der Waals surface area contributed by atoms with E-state index in [1.807, 2.05) is 12.1 Å². The highest BCUT2D eigenvalue weighted by molar-refractivity contribution is 9.10. The molecule has 1 amide bonds. The van der Waals surface area contributed by atoms with Crippen molar-refractivity contribution in [2.45, 2.75) is 4.90 Å². The summed E-state index contributed by atoms with van der Waals surface area (Å²) in [6.07, 6.45) is 0. The Morgan fingerprint density at radius 2 is 2.10 bits per heavy atom. The van der Waals surface area contributed by atoms with Crippen LogP contribution in [0.5, 0.6) is 0 Å². The van der Waals surface area contributed by atoms with E-state index in [0.29, 0.717) is 5.69 Å². The van der Waals surface area contributed by atoms with Crippen LogP contribution in [0, 0.1) is 5.82 Å². The highest BCUT2D eigenvalue weighted by Crippen LogP contribution is 2.28. The molecular weight excluding hydrogens is 379 g/mol. The number of nitrogens with one attached hydrogen (secondary N) is 1. The van der Waals surface area contributed by atoms with Crippen LogP contribution in [-0.4, -0.2) is 11.7 Å². The molecule has 3 nitrogen and oxygen atoms in total. The molecule has 0 aliphatic heterocycles. The molecule has 0 bridgehead atoms. The van der Waals surface area contributed by atoms with Gasteiger partial charge in [0.2, 0.25) is 5.91 Å². The normalized spacial score (nSPS) is 10.4. The zero-order valence-electron chi connectivity index (χ0n) is 10.7. The first kappa shape index (κ1) is 16.1. The second-order valence-electron chi connectivity index (χ2n) is 4.14. The number of amides is 1. The van der Waals surface area contributed by atoms with Crippen molar-refractivity contribution in [2.24, 2.45) is 0 Å². The van der Waals surface area contributed by atoms with Crippen LogP contribution in [0.25, 0.3) is 0 Å². The average molecular weight is 390 g/mol. The number of benzene rings is 2. The van der Waals surface area contributed by atoms with E-state index in [9.17, 15) is 9.18 Å². The SMILES string of the molecule is Nc1cc(Br)ccc1SCC(=O)Nc1ccc(Cl)cc1F. The first-order chi connectivity index (χ1) is 9.95. The molecule has 0 saturated heterocycles. The van der Waals surface area contributed by atoms with Crippen molar-refractivity contribution in [3.63, 3.8) is 0 Å². The summed E-state index contributed by atoms with van der Waals surface area (Å²) in [5.74, 6) is -0.749. The summed E-state index contributed by atoms with van der Waals surface area (Å²) in [7, 11) is 0. The van der Waals surface area contributed by atoms with Crippen molar-refractivity contribution in [3.8, 4) is 0 Å². The third-order valence-electron chi connectivity index (χ3n) is 2.54. The molecule has 7 heteroatoms. The van der Waals surface area contributed by atoms with Gasteiger partial charge in [-0.2, -0.15) is 0 Å². The summed E-state index contributed by atoms with van der Waals surface area (Å²) in [5.41, 5.74) is 6.53. The van der Waals surface area contributed by atoms with Crippen LogP contribution in [0.4, 0.5) is 15.8 Å². The van der Waals surface area contributed by atoms with Gasteiger partial charge >= 0.3 is 0 Å². The minimum atomic E-state index is -0.566. The lowest BCUT2D eigenvalue weighted by Gasteiger charge is -2.08. The van der Waals surface area contributed by atoms with Crippen molar-refractivity contribution < 1.29 is 9.18 Å². The van der Waals surface area contributed by atoms with Gasteiger partial charge in [-0.15, -0.1) is 11.8 Å². The van der Waals surface area contributed by atoms with Gasteiger partial charge in [0, 0.05) is 20.1 Å². The molecule has 21 heavy (non-hydrogen) atoms. The van der Waals surface area contributed by atoms with Gasteiger partial charge in [0.05, 0.1) is 11.4 Å². The molecule has 0 aliphatic carbocycles. The highest BCUT2D eigenvalue weighted by Gasteiger charge is 2.09. The van der Waals surface area contributed by atoms with Crippen molar-refractivity contribution in [1.82, 2.24) is 0 Å². The van der Waals surface area contributed by atoms with Gasteiger partial charge in [0.25, 0.3) is 0 Å². The van der Waals surface area contributed by atoms with Crippen LogP contribution in [-0.2, 0) is 4.79 Å². The fourth-order valence-electron chi connectivity index (χ4n) is 1.57. The molecule has 3 N–H and O–H groups in total. The minimum Gasteiger partial charge on any atom is -0.398 e. The number of halogens is 3. The van der Waals surface area contributed by atoms with Gasteiger partial charge in [0.15, 0.2) is 0 Å². The van der Waals surface area contributed by atoms with E-state index in [2.05, 4.69) is 21.2 Å². The van der Waals surface area contributed by atoms with Crippen LogP contribution in [0.2, 0.25) is 5.02 Å². The maximum atomic E-state index is 13.6. The number of nitrogens with two attached hydrogens (primary N) is 1. The van der Waals surface area contributed by atoms with E-state index >= 15 is 0 Å². The Morgan fingerprint density at radius 1 is 1.33 bits per heavy atom. The Hall–Kier alpha value is -1.24. The number of carbonyl (C=O) groups is 1. The van der Waals surface area contributed by atoms with Gasteiger partial charge in [0.1, 0.15) is 5.82 Å². The van der Waals surface area contributed by atoms with Crippen LogP contribution in [0.1, 0.15) is 0 Å². The molecule has 2 aromatic carbocycles. The molecule has 0 atom stereocenters. The van der Waals surface area contributed by atoms with Crippen molar-refractivity contribution in [1.29, 1.82) is 0 Å². The monoisotopic (exact) mass is 388 g/mol. The Labute approximate surface area is 139 Å². The van der Waals surface area contributed by atoms with Crippen LogP contribution < -0.4 is 11.1 Å². The van der Waals surface area contributed by atoms with Crippen LogP contribution in [0.15, 0.2) is 45.8 Å². The molecule has 0 unspecified atom stereocenters. The first-order valence-electron chi connectivity index (χ1n) is 5.88. The Morgan fingerprint density at radius 3 is 2.76 bits per heavy atom. The third-order valence-corrected chi connectivity index (χ3v) is 4.35. The van der Waals surface area contributed by atoms with Gasteiger partial charge < -0.3 is 11.1 Å². The van der Waals surface area contributed by atoms with Crippen molar-refractivity contribution >= 4 is 56.6 Å². The van der Waals surface area contributed by atoms with Gasteiger partial charge in [-0.1, -0.05) is 27.5 Å². The van der Waals surface area contributed by atoms with Crippen molar-refractivity contribution in [3.05, 3.63) is 51.7 Å². The molecule has 0 fully saturated rings. The number of hydrogen-bond donors (Lipinski definition) is 2. The Bertz CT molecular complexity index is 684. The zero-order valence-corrected chi connectivity index (χ0v) is 13.9. The van der Waals surface area contributed by atoms with Crippen molar-refractivity contribution in [2.75, 3.05) is 16.8 Å². The average Bonchev–Trinajstić information content (AvgIpc) is 2.41. The zero-order chi connectivity index (χ0) is 15.4. The fraction of sp³-hybridized carbons (Fsp3) is 0.0714. The smallest absolute Gasteiger partial charge is 0.234 e. The number of hydrogen-bond acceptors (Lipinski definition) is 3. The number of carbonyl (C=O) groups excluding carboxylic acids is 1. The summed E-state index contributed by atoms with van der Waals surface area (Å²) < 4.78 is 14.4. The number of thioether (sulfide) groups is 1. The summed E-state index contributed by atoms with van der Waals surface area (Å²) >= 11 is 10.2. The Kier molecular flexibility index (Phi) is 5.50. The van der Waals surface area contributed by atoms with E-state index in [4.69, 9.17) is 17.3 Å². The second kappa shape index (κ2) is 7.15. The van der Waals surface area contributed by atoms with Gasteiger partial charge in [-0.3, -0.25) is 4.79 Å². The van der Waals surface area contributed by atoms with E-state index in [1.165, 1.54) is 23.9 Å². The lowest BCUT2D eigenvalue weighted by molar-refractivity contribution is -0.113. The second-order valence-corrected chi connectivity index (χ2v) is 6.51. The quantitative estimate of drug-likeness (QED) is 0.595. The molecule has 0 saturated carbocycles. The van der Waals surface area contributed by atoms with Crippen LogP contribution in [0.3, 0.4) is 0 Å². The molecule has 2 aromatic rings. The molecule has 0 heterocycles. The predicted octanol–water partition coefficient (Wildman–Crippen LogP) is 4.55. The van der Waals surface area contributed by atoms with E-state index in [-0.39, 0.29) is 22.4 Å². The summed E-state index contributed by atoms with van der Waals surface area (Å²) in [6.45, 7) is 0. The van der Waals surface area contributed by atoms with Gasteiger partial charge in [-0.25, -0.2) is 4.39 Å². The van der Waals surface area contributed by atoms with E-state index < -0.39 is 5.82 Å². The largest absolute Gasteiger partial charge is 0.398 e. The molecule has 110 valence electrons. The molecule has 0 aliphatic rings. The Balaban J connectivity index is 1.96. The lowest BCUT2D eigenvalue weighted by Crippen LogP contribution is -2.15. The van der Waals surface area contributed by atoms with E-state index in [1.54, 1.807) is 6.07 Å². The summed E-state index contributed by atoms with van der Waals surface area (Å²) in [5, 5.41) is 2.78. The lowest BCUT2D eigenvalue weighted by atomic mass is 10.3. The maximum absolute atomic E-state index is 13.6. The van der Waals surface area contributed by atoms with Crippen LogP contribution >= 0.6 is 39.3 Å². The highest BCUT2D eigenvalue weighted by atomic mass is 79.9.